The Balaban J connectivity index is 1.79. The summed E-state index contributed by atoms with van der Waals surface area (Å²) < 4.78 is 10.6. The first-order chi connectivity index (χ1) is 12.2. The van der Waals surface area contributed by atoms with Crippen molar-refractivity contribution in [2.45, 2.75) is 45.2 Å². The number of imide groups is 1. The fourth-order valence-corrected chi connectivity index (χ4v) is 2.89. The highest BCUT2D eigenvalue weighted by atomic mass is 16.7. The number of rotatable bonds is 5. The largest absolute Gasteiger partial charge is 0.454 e. The summed E-state index contributed by atoms with van der Waals surface area (Å²) >= 11 is 0. The Morgan fingerprint density at radius 1 is 1.31 bits per heavy atom. The molecular weight excluding hydrogens is 338 g/mol. The number of nitrogens with zero attached hydrogens (tertiary/aromatic N) is 1. The van der Waals surface area contributed by atoms with Crippen LogP contribution in [0.1, 0.15) is 39.7 Å². The molecule has 4 amide bonds. The standard InChI is InChI=1S/C18H23N3O5/c1-5-17(2,3)19-14(22)9-21-15(23)18(4,20-16(21)24)11-6-7-12-13(8-11)26-10-25-12/h6-8H,5,9-10H2,1-4H3,(H,19,22)(H,20,24)/t18-/m0/s1. The van der Waals surface area contributed by atoms with Gasteiger partial charge >= 0.3 is 6.03 Å². The fraction of sp³-hybridized carbons (Fsp3) is 0.500. The first-order valence-electron chi connectivity index (χ1n) is 8.51. The number of carbonyl (C=O) groups excluding carboxylic acids is 3. The van der Waals surface area contributed by atoms with Crippen molar-refractivity contribution < 1.29 is 23.9 Å². The van der Waals surface area contributed by atoms with Crippen LogP contribution in [-0.4, -0.2) is 41.6 Å². The van der Waals surface area contributed by atoms with Gasteiger partial charge < -0.3 is 20.1 Å². The Morgan fingerprint density at radius 2 is 2.00 bits per heavy atom. The summed E-state index contributed by atoms with van der Waals surface area (Å²) in [7, 11) is 0. The SMILES string of the molecule is CCC(C)(C)NC(=O)CN1C(=O)N[C@@](C)(c2ccc3c(c2)OCO3)C1=O. The fourth-order valence-electron chi connectivity index (χ4n) is 2.89. The number of benzene rings is 1. The highest BCUT2D eigenvalue weighted by Gasteiger charge is 2.50. The van der Waals surface area contributed by atoms with E-state index < -0.39 is 23.0 Å². The Kier molecular flexibility index (Phi) is 4.29. The monoisotopic (exact) mass is 361 g/mol. The van der Waals surface area contributed by atoms with Crippen LogP contribution in [0.25, 0.3) is 0 Å². The number of nitrogens with one attached hydrogen (secondary N) is 2. The lowest BCUT2D eigenvalue weighted by Crippen LogP contribution is -2.49. The van der Waals surface area contributed by atoms with E-state index in [2.05, 4.69) is 10.6 Å². The Labute approximate surface area is 151 Å². The van der Waals surface area contributed by atoms with E-state index in [4.69, 9.17) is 9.47 Å². The van der Waals surface area contributed by atoms with Gasteiger partial charge in [0.25, 0.3) is 5.91 Å². The minimum Gasteiger partial charge on any atom is -0.454 e. The minimum atomic E-state index is -1.27. The maximum Gasteiger partial charge on any atom is 0.325 e. The third-order valence-corrected chi connectivity index (χ3v) is 4.89. The van der Waals surface area contributed by atoms with E-state index in [-0.39, 0.29) is 19.2 Å². The van der Waals surface area contributed by atoms with Crippen molar-refractivity contribution in [1.29, 1.82) is 0 Å². The number of hydrogen-bond donors (Lipinski definition) is 2. The zero-order valence-corrected chi connectivity index (χ0v) is 15.3. The molecule has 1 saturated heterocycles. The van der Waals surface area contributed by atoms with Gasteiger partial charge in [0.05, 0.1) is 0 Å². The summed E-state index contributed by atoms with van der Waals surface area (Å²) in [4.78, 5) is 38.4. The number of urea groups is 1. The second kappa shape index (κ2) is 6.19. The summed E-state index contributed by atoms with van der Waals surface area (Å²) in [6.45, 7) is 7.12. The summed E-state index contributed by atoms with van der Waals surface area (Å²) in [5.74, 6) is 0.250. The van der Waals surface area contributed by atoms with E-state index in [1.165, 1.54) is 0 Å². The molecule has 0 aromatic heterocycles. The van der Waals surface area contributed by atoms with Crippen molar-refractivity contribution in [3.05, 3.63) is 23.8 Å². The quantitative estimate of drug-likeness (QED) is 0.775. The number of hydrogen-bond acceptors (Lipinski definition) is 5. The Morgan fingerprint density at radius 3 is 2.69 bits per heavy atom. The average molecular weight is 361 g/mol. The summed E-state index contributed by atoms with van der Waals surface area (Å²) in [5.41, 5.74) is -1.10. The summed E-state index contributed by atoms with van der Waals surface area (Å²) in [6, 6.07) is 4.47. The molecule has 2 aliphatic rings. The van der Waals surface area contributed by atoms with Gasteiger partial charge in [-0.25, -0.2) is 4.79 Å². The number of fused-ring (bicyclic) bond motifs is 1. The molecule has 140 valence electrons. The molecule has 0 spiro atoms. The Bertz CT molecular complexity index is 776. The van der Waals surface area contributed by atoms with Crippen LogP contribution >= 0.6 is 0 Å². The molecule has 1 fully saturated rings. The summed E-state index contributed by atoms with van der Waals surface area (Å²) in [6.07, 6.45) is 0.730. The van der Waals surface area contributed by atoms with Gasteiger partial charge in [0.15, 0.2) is 11.5 Å². The maximum absolute atomic E-state index is 12.9. The van der Waals surface area contributed by atoms with E-state index in [0.29, 0.717) is 17.1 Å². The van der Waals surface area contributed by atoms with Crippen LogP contribution in [0.2, 0.25) is 0 Å². The van der Waals surface area contributed by atoms with E-state index in [0.717, 1.165) is 11.3 Å². The van der Waals surface area contributed by atoms with Gasteiger partial charge in [0.1, 0.15) is 12.1 Å². The van der Waals surface area contributed by atoms with Crippen LogP contribution in [0.3, 0.4) is 0 Å². The molecular formula is C18H23N3O5. The molecule has 3 rings (SSSR count). The predicted molar refractivity (Wildman–Crippen MR) is 92.7 cm³/mol. The molecule has 0 bridgehead atoms. The van der Waals surface area contributed by atoms with E-state index in [1.54, 1.807) is 25.1 Å². The molecule has 1 atom stereocenters. The van der Waals surface area contributed by atoms with Gasteiger partial charge in [-0.3, -0.25) is 14.5 Å². The number of ether oxygens (including phenoxy) is 2. The zero-order valence-electron chi connectivity index (χ0n) is 15.3. The molecule has 0 radical (unpaired) electrons. The van der Waals surface area contributed by atoms with Crippen LogP contribution in [0.5, 0.6) is 11.5 Å². The highest BCUT2D eigenvalue weighted by molar-refractivity contribution is 6.09. The molecule has 26 heavy (non-hydrogen) atoms. The van der Waals surface area contributed by atoms with Crippen LogP contribution in [0.4, 0.5) is 4.79 Å². The van der Waals surface area contributed by atoms with Gasteiger partial charge in [-0.2, -0.15) is 0 Å². The van der Waals surface area contributed by atoms with Crippen LogP contribution in [0.15, 0.2) is 18.2 Å². The number of amides is 4. The van der Waals surface area contributed by atoms with Gasteiger partial charge in [0, 0.05) is 5.54 Å². The second-order valence-electron chi connectivity index (χ2n) is 7.30. The van der Waals surface area contributed by atoms with Crippen LogP contribution in [-0.2, 0) is 15.1 Å². The van der Waals surface area contributed by atoms with Crippen molar-refractivity contribution >= 4 is 17.8 Å². The van der Waals surface area contributed by atoms with Crippen molar-refractivity contribution in [3.63, 3.8) is 0 Å². The van der Waals surface area contributed by atoms with E-state index in [9.17, 15) is 14.4 Å². The molecule has 1 aromatic rings. The number of carbonyl (C=O) groups is 3. The van der Waals surface area contributed by atoms with E-state index in [1.807, 2.05) is 20.8 Å². The lowest BCUT2D eigenvalue weighted by Gasteiger charge is -2.26. The zero-order chi connectivity index (χ0) is 19.1. The van der Waals surface area contributed by atoms with Crippen molar-refractivity contribution in [3.8, 4) is 11.5 Å². The lowest BCUT2D eigenvalue weighted by atomic mass is 9.91. The van der Waals surface area contributed by atoms with Crippen molar-refractivity contribution in [2.75, 3.05) is 13.3 Å². The van der Waals surface area contributed by atoms with Gasteiger partial charge in [-0.05, 0) is 44.9 Å². The average Bonchev–Trinajstić information content (AvgIpc) is 3.13. The molecule has 8 heteroatoms. The predicted octanol–water partition coefficient (Wildman–Crippen LogP) is 1.49. The topological polar surface area (TPSA) is 97.0 Å². The third kappa shape index (κ3) is 3.07. The highest BCUT2D eigenvalue weighted by Crippen LogP contribution is 2.37. The van der Waals surface area contributed by atoms with Crippen molar-refractivity contribution in [2.24, 2.45) is 0 Å². The molecule has 0 saturated carbocycles. The van der Waals surface area contributed by atoms with E-state index >= 15 is 0 Å². The molecule has 2 aliphatic heterocycles. The molecule has 1 aromatic carbocycles. The summed E-state index contributed by atoms with van der Waals surface area (Å²) in [5, 5.41) is 5.51. The van der Waals surface area contributed by atoms with Gasteiger partial charge in [0.2, 0.25) is 12.7 Å². The molecule has 0 unspecified atom stereocenters. The van der Waals surface area contributed by atoms with Crippen LogP contribution in [0, 0.1) is 0 Å². The maximum atomic E-state index is 12.9. The van der Waals surface area contributed by atoms with Crippen molar-refractivity contribution in [1.82, 2.24) is 15.5 Å². The van der Waals surface area contributed by atoms with Crippen LogP contribution < -0.4 is 20.1 Å². The first-order valence-corrected chi connectivity index (χ1v) is 8.51. The Hall–Kier alpha value is -2.77. The van der Waals surface area contributed by atoms with Gasteiger partial charge in [-0.1, -0.05) is 13.0 Å². The second-order valence-corrected chi connectivity index (χ2v) is 7.30. The molecule has 2 heterocycles. The first kappa shape index (κ1) is 18.0. The minimum absolute atomic E-state index is 0.120. The lowest BCUT2D eigenvalue weighted by molar-refractivity contribution is -0.135. The third-order valence-electron chi connectivity index (χ3n) is 4.89. The van der Waals surface area contributed by atoms with Gasteiger partial charge in [-0.15, -0.1) is 0 Å². The molecule has 2 N–H and O–H groups in total. The molecule has 0 aliphatic carbocycles. The molecule has 8 nitrogen and oxygen atoms in total. The normalized spacial score (nSPS) is 21.8. The smallest absolute Gasteiger partial charge is 0.325 e.